The highest BCUT2D eigenvalue weighted by Gasteiger charge is 2.36. The topological polar surface area (TPSA) is 3.01 Å². The minimum Gasteiger partial charge on any atom is -0.202 e. The molecule has 14 heavy (non-hydrogen) atoms. The first kappa shape index (κ1) is 9.72. The van der Waals surface area contributed by atoms with E-state index in [0.29, 0.717) is 0 Å². The summed E-state index contributed by atoms with van der Waals surface area (Å²) in [6, 6.07) is 6.13. The fourth-order valence-electron chi connectivity index (χ4n) is 2.07. The second kappa shape index (κ2) is 3.09. The van der Waals surface area contributed by atoms with E-state index in [4.69, 9.17) is 11.6 Å². The maximum atomic E-state index is 6.01. The van der Waals surface area contributed by atoms with Gasteiger partial charge in [-0.2, -0.15) is 0 Å². The molecule has 74 valence electrons. The summed E-state index contributed by atoms with van der Waals surface area (Å²) in [4.78, 5) is 0. The normalized spacial score (nSPS) is 17.9. The molecule has 2 rings (SSSR count). The van der Waals surface area contributed by atoms with Crippen LogP contribution in [0.4, 0.5) is 5.69 Å². The smallest absolute Gasteiger partial charge is 0.202 e. The number of fused-ring (bicyclic) bond motifs is 1. The zero-order valence-corrected chi connectivity index (χ0v) is 9.60. The Kier molecular flexibility index (Phi) is 2.15. The van der Waals surface area contributed by atoms with Gasteiger partial charge in [0, 0.05) is 16.7 Å². The van der Waals surface area contributed by atoms with Crippen LogP contribution in [0.1, 0.15) is 26.3 Å². The second-order valence-corrected chi connectivity index (χ2v) is 4.73. The molecule has 0 saturated carbocycles. The van der Waals surface area contributed by atoms with Crippen LogP contribution in [0.5, 0.6) is 0 Å². The van der Waals surface area contributed by atoms with Gasteiger partial charge in [0.05, 0.1) is 5.41 Å². The van der Waals surface area contributed by atoms with Crippen LogP contribution in [-0.2, 0) is 5.41 Å². The van der Waals surface area contributed by atoms with Gasteiger partial charge in [-0.15, -0.1) is 0 Å². The molecule has 0 fully saturated rings. The van der Waals surface area contributed by atoms with Gasteiger partial charge in [-0.05, 0) is 32.9 Å². The number of hydrogen-bond acceptors (Lipinski definition) is 0. The summed E-state index contributed by atoms with van der Waals surface area (Å²) >= 11 is 6.01. The van der Waals surface area contributed by atoms with Crippen molar-refractivity contribution >= 4 is 23.5 Å². The van der Waals surface area contributed by atoms with Gasteiger partial charge in [0.25, 0.3) is 0 Å². The standard InChI is InChI=1S/C12H15ClN/c1-4-14-8-12(2,3)10-7-9(13)5-6-11(10)14/h5-8H,4H2,1-3H3/q+1. The Morgan fingerprint density at radius 2 is 2.07 bits per heavy atom. The average molecular weight is 209 g/mol. The van der Waals surface area contributed by atoms with E-state index in [-0.39, 0.29) is 5.41 Å². The molecule has 0 saturated heterocycles. The minimum atomic E-state index is 0.107. The van der Waals surface area contributed by atoms with Gasteiger partial charge in [0.1, 0.15) is 6.54 Å². The molecule has 0 unspecified atom stereocenters. The van der Waals surface area contributed by atoms with Crippen molar-refractivity contribution < 1.29 is 4.58 Å². The SMILES string of the molecule is CC[N+]1=CC(C)(C)c2cc(Cl)ccc21. The maximum Gasteiger partial charge on any atom is 0.209 e. The van der Waals surface area contributed by atoms with Gasteiger partial charge in [0.2, 0.25) is 5.69 Å². The van der Waals surface area contributed by atoms with E-state index in [1.54, 1.807) is 0 Å². The third kappa shape index (κ3) is 1.36. The lowest BCUT2D eigenvalue weighted by Gasteiger charge is -2.10. The number of hydrogen-bond donors (Lipinski definition) is 0. The van der Waals surface area contributed by atoms with Crippen molar-refractivity contribution in [1.82, 2.24) is 0 Å². The fraction of sp³-hybridized carbons (Fsp3) is 0.417. The maximum absolute atomic E-state index is 6.01. The van der Waals surface area contributed by atoms with Gasteiger partial charge in [-0.1, -0.05) is 11.6 Å². The number of halogens is 1. The molecule has 1 aromatic carbocycles. The predicted molar refractivity (Wildman–Crippen MR) is 61.0 cm³/mol. The molecule has 1 aliphatic rings. The number of benzene rings is 1. The molecule has 1 heterocycles. The van der Waals surface area contributed by atoms with Crippen molar-refractivity contribution in [3.8, 4) is 0 Å². The zero-order valence-electron chi connectivity index (χ0n) is 8.84. The second-order valence-electron chi connectivity index (χ2n) is 4.30. The highest BCUT2D eigenvalue weighted by Crippen LogP contribution is 2.37. The summed E-state index contributed by atoms with van der Waals surface area (Å²) in [6.45, 7) is 7.62. The van der Waals surface area contributed by atoms with E-state index in [1.807, 2.05) is 6.07 Å². The third-order valence-corrected chi connectivity index (χ3v) is 3.02. The summed E-state index contributed by atoms with van der Waals surface area (Å²) in [5.41, 5.74) is 2.73. The highest BCUT2D eigenvalue weighted by atomic mass is 35.5. The van der Waals surface area contributed by atoms with Crippen molar-refractivity contribution in [2.24, 2.45) is 0 Å². The van der Waals surface area contributed by atoms with Crippen LogP contribution in [-0.4, -0.2) is 17.3 Å². The first-order valence-corrected chi connectivity index (χ1v) is 5.35. The van der Waals surface area contributed by atoms with Crippen LogP contribution in [0.2, 0.25) is 5.02 Å². The highest BCUT2D eigenvalue weighted by molar-refractivity contribution is 6.30. The van der Waals surface area contributed by atoms with E-state index >= 15 is 0 Å². The Bertz CT molecular complexity index is 405. The largest absolute Gasteiger partial charge is 0.209 e. The van der Waals surface area contributed by atoms with Crippen LogP contribution in [0.15, 0.2) is 18.2 Å². The summed E-state index contributed by atoms with van der Waals surface area (Å²) < 4.78 is 2.28. The molecule has 0 amide bonds. The van der Waals surface area contributed by atoms with Gasteiger partial charge in [0.15, 0.2) is 6.21 Å². The van der Waals surface area contributed by atoms with Crippen molar-refractivity contribution in [3.63, 3.8) is 0 Å². The van der Waals surface area contributed by atoms with Crippen molar-refractivity contribution in [3.05, 3.63) is 28.8 Å². The molecule has 0 aromatic heterocycles. The van der Waals surface area contributed by atoms with Crippen LogP contribution < -0.4 is 0 Å². The lowest BCUT2D eigenvalue weighted by atomic mass is 9.87. The van der Waals surface area contributed by atoms with Crippen LogP contribution in [0.25, 0.3) is 0 Å². The Labute approximate surface area is 90.0 Å². The summed E-state index contributed by atoms with van der Waals surface area (Å²) in [7, 11) is 0. The lowest BCUT2D eigenvalue weighted by Crippen LogP contribution is -2.16. The molecule has 0 spiro atoms. The molecular weight excluding hydrogens is 194 g/mol. The van der Waals surface area contributed by atoms with Gasteiger partial charge >= 0.3 is 0 Å². The van der Waals surface area contributed by atoms with Crippen molar-refractivity contribution in [1.29, 1.82) is 0 Å². The molecule has 0 atom stereocenters. The Morgan fingerprint density at radius 3 is 2.71 bits per heavy atom. The third-order valence-electron chi connectivity index (χ3n) is 2.78. The van der Waals surface area contributed by atoms with E-state index in [0.717, 1.165) is 11.6 Å². The Hall–Kier alpha value is -0.820. The average Bonchev–Trinajstić information content (AvgIpc) is 2.38. The monoisotopic (exact) mass is 208 g/mol. The first-order valence-electron chi connectivity index (χ1n) is 4.97. The van der Waals surface area contributed by atoms with Crippen molar-refractivity contribution in [2.75, 3.05) is 6.54 Å². The van der Waals surface area contributed by atoms with Gasteiger partial charge in [-0.25, -0.2) is 4.58 Å². The Balaban J connectivity index is 2.62. The molecule has 0 N–H and O–H groups in total. The number of rotatable bonds is 1. The predicted octanol–water partition coefficient (Wildman–Crippen LogP) is 3.37. The molecule has 1 aliphatic heterocycles. The molecule has 0 bridgehead atoms. The van der Waals surface area contributed by atoms with Crippen LogP contribution >= 0.6 is 11.6 Å². The molecule has 2 heteroatoms. The molecular formula is C12H15ClN+. The van der Waals surface area contributed by atoms with E-state index < -0.39 is 0 Å². The molecule has 0 aliphatic carbocycles. The van der Waals surface area contributed by atoms with Gasteiger partial charge < -0.3 is 0 Å². The molecule has 0 radical (unpaired) electrons. The minimum absolute atomic E-state index is 0.107. The van der Waals surface area contributed by atoms with Crippen LogP contribution in [0.3, 0.4) is 0 Å². The summed E-state index contributed by atoms with van der Waals surface area (Å²) in [6.07, 6.45) is 2.27. The van der Waals surface area contributed by atoms with E-state index in [2.05, 4.69) is 43.7 Å². The van der Waals surface area contributed by atoms with Crippen LogP contribution in [0, 0.1) is 0 Å². The Morgan fingerprint density at radius 1 is 1.36 bits per heavy atom. The fourth-order valence-corrected chi connectivity index (χ4v) is 2.24. The van der Waals surface area contributed by atoms with E-state index in [9.17, 15) is 0 Å². The summed E-state index contributed by atoms with van der Waals surface area (Å²) in [5.74, 6) is 0. The molecule has 1 aromatic rings. The van der Waals surface area contributed by atoms with Crippen molar-refractivity contribution in [2.45, 2.75) is 26.2 Å². The lowest BCUT2D eigenvalue weighted by molar-refractivity contribution is -0.428. The molecule has 1 nitrogen and oxygen atoms in total. The van der Waals surface area contributed by atoms with E-state index in [1.165, 1.54) is 11.3 Å². The van der Waals surface area contributed by atoms with Gasteiger partial charge in [-0.3, -0.25) is 0 Å². The zero-order chi connectivity index (χ0) is 10.3. The quantitative estimate of drug-likeness (QED) is 0.623. The first-order chi connectivity index (χ1) is 6.54. The number of nitrogens with zero attached hydrogens (tertiary/aromatic N) is 1. The summed E-state index contributed by atoms with van der Waals surface area (Å²) in [5, 5.41) is 0.822.